The largest absolute Gasteiger partial charge is 0.377 e. The normalized spacial score (nSPS) is 11.3. The van der Waals surface area contributed by atoms with Crippen LogP contribution in [0, 0.1) is 0 Å². The minimum absolute atomic E-state index is 0.982. The monoisotopic (exact) mass is 248 g/mol. The Balaban J connectivity index is 2.57. The third-order valence-electron chi connectivity index (χ3n) is 2.34. The molecule has 0 radical (unpaired) electrons. The van der Waals surface area contributed by atoms with E-state index >= 15 is 0 Å². The van der Waals surface area contributed by atoms with Gasteiger partial charge in [0.1, 0.15) is 4.83 Å². The quantitative estimate of drug-likeness (QED) is 0.618. The average Bonchev–Trinajstić information content (AvgIpc) is 2.69. The van der Waals surface area contributed by atoms with E-state index in [4.69, 9.17) is 0 Å². The van der Waals surface area contributed by atoms with Crippen LogP contribution in [0.1, 0.15) is 0 Å². The first kappa shape index (κ1) is 11.9. The molecule has 2 heterocycles. The fraction of sp³-hybridized carbons (Fsp3) is 0.333. The Morgan fingerprint density at radius 1 is 1.29 bits per heavy atom. The van der Waals surface area contributed by atoms with Crippen molar-refractivity contribution in [3.05, 3.63) is 17.6 Å². The first-order valence-corrected chi connectivity index (χ1v) is 6.21. The highest BCUT2D eigenvalue weighted by atomic mass is 32.1. The zero-order valence-corrected chi connectivity index (χ0v) is 11.3. The van der Waals surface area contributed by atoms with E-state index in [-0.39, 0.29) is 0 Å². The Morgan fingerprint density at radius 2 is 2.06 bits per heavy atom. The number of aromatic nitrogens is 1. The number of hydrogen-bond donors (Lipinski definition) is 0. The fourth-order valence-corrected chi connectivity index (χ4v) is 2.43. The highest BCUT2D eigenvalue weighted by molar-refractivity contribution is 7.17. The van der Waals surface area contributed by atoms with E-state index in [9.17, 15) is 0 Å². The molecule has 4 nitrogen and oxygen atoms in total. The first-order valence-electron chi connectivity index (χ1n) is 5.33. The molecule has 0 N–H and O–H groups in total. The molecule has 0 spiro atoms. The van der Waals surface area contributed by atoms with Crippen molar-refractivity contribution in [2.75, 3.05) is 33.1 Å². The van der Waals surface area contributed by atoms with Gasteiger partial charge in [-0.25, -0.2) is 9.98 Å². The Hall–Kier alpha value is -1.62. The van der Waals surface area contributed by atoms with Crippen molar-refractivity contribution in [1.82, 2.24) is 9.88 Å². The number of aliphatic imine (C=N–C) groups is 1. The van der Waals surface area contributed by atoms with Crippen LogP contribution in [0.5, 0.6) is 0 Å². The Kier molecular flexibility index (Phi) is 3.28. The molecule has 0 aliphatic rings. The van der Waals surface area contributed by atoms with Gasteiger partial charge in [-0.2, -0.15) is 0 Å². The maximum atomic E-state index is 4.48. The molecule has 0 saturated heterocycles. The summed E-state index contributed by atoms with van der Waals surface area (Å²) in [7, 11) is 7.99. The number of rotatable bonds is 3. The molecule has 17 heavy (non-hydrogen) atoms. The van der Waals surface area contributed by atoms with Crippen molar-refractivity contribution < 1.29 is 0 Å². The lowest BCUT2D eigenvalue weighted by Gasteiger charge is -2.13. The second kappa shape index (κ2) is 4.71. The van der Waals surface area contributed by atoms with Gasteiger partial charge in [-0.1, -0.05) is 0 Å². The van der Waals surface area contributed by atoms with Crippen LogP contribution in [0.3, 0.4) is 0 Å². The SMILES string of the molecule is CN(C)C=Nc1csc2nccc(N(C)C)c12. The number of hydrogen-bond acceptors (Lipinski definition) is 4. The molecule has 0 unspecified atom stereocenters. The summed E-state index contributed by atoms with van der Waals surface area (Å²) in [5, 5.41) is 3.17. The van der Waals surface area contributed by atoms with Crippen molar-refractivity contribution >= 4 is 39.3 Å². The maximum absolute atomic E-state index is 4.48. The van der Waals surface area contributed by atoms with E-state index in [2.05, 4.69) is 14.9 Å². The lowest BCUT2D eigenvalue weighted by molar-refractivity contribution is 0.643. The summed E-state index contributed by atoms with van der Waals surface area (Å²) in [4.78, 5) is 13.9. The van der Waals surface area contributed by atoms with Crippen LogP contribution < -0.4 is 4.90 Å². The van der Waals surface area contributed by atoms with Gasteiger partial charge in [0, 0.05) is 39.8 Å². The summed E-state index contributed by atoms with van der Waals surface area (Å²) < 4.78 is 0. The van der Waals surface area contributed by atoms with Crippen LogP contribution in [-0.2, 0) is 0 Å². The predicted octanol–water partition coefficient (Wildman–Crippen LogP) is 2.58. The molecule has 0 aromatic carbocycles. The van der Waals surface area contributed by atoms with Gasteiger partial charge < -0.3 is 9.80 Å². The molecule has 0 fully saturated rings. The minimum Gasteiger partial charge on any atom is -0.377 e. The molecule has 2 aromatic rings. The van der Waals surface area contributed by atoms with E-state index in [1.165, 1.54) is 0 Å². The van der Waals surface area contributed by atoms with E-state index in [1.807, 2.05) is 57.1 Å². The third kappa shape index (κ3) is 2.39. The van der Waals surface area contributed by atoms with E-state index < -0.39 is 0 Å². The van der Waals surface area contributed by atoms with Gasteiger partial charge in [-0.05, 0) is 6.07 Å². The number of anilines is 1. The zero-order valence-electron chi connectivity index (χ0n) is 10.5. The highest BCUT2D eigenvalue weighted by Gasteiger charge is 2.10. The van der Waals surface area contributed by atoms with Crippen molar-refractivity contribution in [2.45, 2.75) is 0 Å². The molecule has 2 rings (SSSR count). The van der Waals surface area contributed by atoms with Crippen LogP contribution in [-0.4, -0.2) is 44.4 Å². The highest BCUT2D eigenvalue weighted by Crippen LogP contribution is 2.37. The van der Waals surface area contributed by atoms with Crippen LogP contribution in [0.4, 0.5) is 11.4 Å². The molecular weight excluding hydrogens is 232 g/mol. The summed E-state index contributed by atoms with van der Waals surface area (Å²) in [6.45, 7) is 0. The van der Waals surface area contributed by atoms with E-state index in [0.717, 1.165) is 21.6 Å². The number of fused-ring (bicyclic) bond motifs is 1. The van der Waals surface area contributed by atoms with Gasteiger partial charge in [0.2, 0.25) is 0 Å². The summed E-state index contributed by atoms with van der Waals surface area (Å²) in [6.07, 6.45) is 3.65. The molecule has 2 aromatic heterocycles. The smallest absolute Gasteiger partial charge is 0.127 e. The van der Waals surface area contributed by atoms with Gasteiger partial charge in [0.25, 0.3) is 0 Å². The van der Waals surface area contributed by atoms with Gasteiger partial charge in [-0.3, -0.25) is 0 Å². The molecule has 0 saturated carbocycles. The van der Waals surface area contributed by atoms with Crippen molar-refractivity contribution in [1.29, 1.82) is 0 Å². The maximum Gasteiger partial charge on any atom is 0.127 e. The number of thiophene rings is 1. The van der Waals surface area contributed by atoms with Crippen molar-refractivity contribution in [3.63, 3.8) is 0 Å². The topological polar surface area (TPSA) is 31.7 Å². The van der Waals surface area contributed by atoms with E-state index in [0.29, 0.717) is 0 Å². The zero-order chi connectivity index (χ0) is 12.4. The third-order valence-corrected chi connectivity index (χ3v) is 3.22. The molecule has 0 amide bonds. The van der Waals surface area contributed by atoms with Gasteiger partial charge in [0.15, 0.2) is 0 Å². The predicted molar refractivity (Wildman–Crippen MR) is 75.8 cm³/mol. The number of pyridine rings is 1. The molecule has 0 bridgehead atoms. The van der Waals surface area contributed by atoms with Crippen LogP contribution in [0.25, 0.3) is 10.2 Å². The molecule has 90 valence electrons. The van der Waals surface area contributed by atoms with E-state index in [1.54, 1.807) is 11.3 Å². The molecular formula is C12H16N4S. The van der Waals surface area contributed by atoms with Crippen molar-refractivity contribution in [2.24, 2.45) is 4.99 Å². The average molecular weight is 248 g/mol. The van der Waals surface area contributed by atoms with Gasteiger partial charge in [-0.15, -0.1) is 11.3 Å². The molecule has 0 atom stereocenters. The molecule has 0 aliphatic heterocycles. The number of nitrogens with zero attached hydrogens (tertiary/aromatic N) is 4. The fourth-order valence-electron chi connectivity index (χ4n) is 1.58. The summed E-state index contributed by atoms with van der Waals surface area (Å²) >= 11 is 1.63. The van der Waals surface area contributed by atoms with Crippen LogP contribution in [0.15, 0.2) is 22.6 Å². The summed E-state index contributed by atoms with van der Waals surface area (Å²) in [6, 6.07) is 2.02. The Labute approximate surface area is 105 Å². The standard InChI is InChI=1S/C12H16N4S/c1-15(2)8-14-9-7-17-12-11(9)10(16(3)4)5-6-13-12/h5-8H,1-4H3. The minimum atomic E-state index is 0.982. The second-order valence-corrected chi connectivity index (χ2v) is 5.09. The Morgan fingerprint density at radius 3 is 2.71 bits per heavy atom. The molecule has 0 aliphatic carbocycles. The lowest BCUT2D eigenvalue weighted by atomic mass is 10.2. The van der Waals surface area contributed by atoms with Crippen molar-refractivity contribution in [3.8, 4) is 0 Å². The second-order valence-electron chi connectivity index (χ2n) is 4.23. The summed E-state index contributed by atoms with van der Waals surface area (Å²) in [5.41, 5.74) is 2.14. The van der Waals surface area contributed by atoms with Gasteiger partial charge in [0.05, 0.1) is 23.1 Å². The lowest BCUT2D eigenvalue weighted by Crippen LogP contribution is -2.09. The first-order chi connectivity index (χ1) is 8.09. The molecule has 5 heteroatoms. The van der Waals surface area contributed by atoms with Crippen LogP contribution in [0.2, 0.25) is 0 Å². The Bertz CT molecular complexity index is 542. The van der Waals surface area contributed by atoms with Crippen LogP contribution >= 0.6 is 11.3 Å². The summed E-state index contributed by atoms with van der Waals surface area (Å²) in [5.74, 6) is 0. The van der Waals surface area contributed by atoms with Gasteiger partial charge >= 0.3 is 0 Å².